The van der Waals surface area contributed by atoms with Crippen LogP contribution >= 0.6 is 0 Å². The van der Waals surface area contributed by atoms with E-state index >= 15 is 0 Å². The van der Waals surface area contributed by atoms with Crippen LogP contribution in [0.2, 0.25) is 0 Å². The lowest BCUT2D eigenvalue weighted by Crippen LogP contribution is -2.52. The second kappa shape index (κ2) is 11.7. The maximum atomic E-state index is 13.3. The Morgan fingerprint density at radius 2 is 1.61 bits per heavy atom. The van der Waals surface area contributed by atoms with E-state index in [4.69, 9.17) is 4.74 Å². The van der Waals surface area contributed by atoms with Crippen LogP contribution in [-0.2, 0) is 20.9 Å². The molecule has 8 nitrogen and oxygen atoms in total. The number of alkyl carbamates (subject to hydrolysis) is 1. The zero-order chi connectivity index (χ0) is 24.4. The second-order valence-electron chi connectivity index (χ2n) is 8.51. The van der Waals surface area contributed by atoms with Crippen LogP contribution in [-0.4, -0.2) is 41.0 Å². The van der Waals surface area contributed by atoms with Gasteiger partial charge >= 0.3 is 6.09 Å². The molecule has 0 fully saturated rings. The summed E-state index contributed by atoms with van der Waals surface area (Å²) in [6, 6.07) is 18.0. The molecule has 0 saturated heterocycles. The Morgan fingerprint density at radius 3 is 2.15 bits per heavy atom. The third-order valence-electron chi connectivity index (χ3n) is 4.61. The molecular formula is C25H30N4O4. The summed E-state index contributed by atoms with van der Waals surface area (Å²) in [6.45, 7) is 6.55. The van der Waals surface area contributed by atoms with Crippen molar-refractivity contribution < 1.29 is 19.1 Å². The van der Waals surface area contributed by atoms with Crippen LogP contribution in [0.1, 0.15) is 44.9 Å². The summed E-state index contributed by atoms with van der Waals surface area (Å²) in [6.07, 6.45) is -0.759. The number of nitriles is 1. The van der Waals surface area contributed by atoms with E-state index in [0.717, 1.165) is 10.5 Å². The highest BCUT2D eigenvalue weighted by Gasteiger charge is 2.34. The van der Waals surface area contributed by atoms with Crippen LogP contribution in [0.3, 0.4) is 0 Å². The van der Waals surface area contributed by atoms with Crippen molar-refractivity contribution in [2.24, 2.45) is 0 Å². The highest BCUT2D eigenvalue weighted by atomic mass is 16.6. The lowest BCUT2D eigenvalue weighted by Gasteiger charge is -2.32. The van der Waals surface area contributed by atoms with Gasteiger partial charge in [0.15, 0.2) is 0 Å². The van der Waals surface area contributed by atoms with E-state index in [9.17, 15) is 19.6 Å². The van der Waals surface area contributed by atoms with Crippen LogP contribution in [0, 0.1) is 11.3 Å². The van der Waals surface area contributed by atoms with Crippen LogP contribution in [0.5, 0.6) is 0 Å². The zero-order valence-corrected chi connectivity index (χ0v) is 19.4. The monoisotopic (exact) mass is 450 g/mol. The first-order valence-corrected chi connectivity index (χ1v) is 10.7. The van der Waals surface area contributed by atoms with Gasteiger partial charge in [0.25, 0.3) is 0 Å². The van der Waals surface area contributed by atoms with Crippen molar-refractivity contribution in [3.63, 3.8) is 0 Å². The molecule has 3 amide bonds. The van der Waals surface area contributed by atoms with Crippen molar-refractivity contribution >= 4 is 17.9 Å². The van der Waals surface area contributed by atoms with E-state index in [1.165, 1.54) is 6.92 Å². The Hall–Kier alpha value is -3.86. The molecule has 0 radical (unpaired) electrons. The molecule has 0 heterocycles. The average Bonchev–Trinajstić information content (AvgIpc) is 2.77. The Morgan fingerprint density at radius 1 is 1.03 bits per heavy atom. The zero-order valence-electron chi connectivity index (χ0n) is 19.4. The number of hydrogen-bond acceptors (Lipinski definition) is 5. The predicted octanol–water partition coefficient (Wildman–Crippen LogP) is 3.31. The standard InChI is InChI=1S/C25H30N4O4/c1-18(28-24(32)33-25(2,3)4)23(31)29(16-15-26)21(20-13-9-6-10-14-20)22(30)27-17-19-11-7-5-8-12-19/h5-14,18,21H,16-17H2,1-4H3,(H,27,30)(H,28,32). The van der Waals surface area contributed by atoms with Crippen molar-refractivity contribution in [2.45, 2.75) is 51.9 Å². The molecule has 0 bridgehead atoms. The van der Waals surface area contributed by atoms with Crippen LogP contribution in [0.4, 0.5) is 4.79 Å². The summed E-state index contributed by atoms with van der Waals surface area (Å²) in [5, 5.41) is 14.7. The van der Waals surface area contributed by atoms with Gasteiger partial charge in [-0.05, 0) is 38.8 Å². The number of carbonyl (C=O) groups excluding carboxylic acids is 3. The SMILES string of the molecule is CC(NC(=O)OC(C)(C)C)C(=O)N(CC#N)C(C(=O)NCc1ccccc1)c1ccccc1. The maximum Gasteiger partial charge on any atom is 0.408 e. The number of benzene rings is 2. The fraction of sp³-hybridized carbons (Fsp3) is 0.360. The molecule has 174 valence electrons. The minimum atomic E-state index is -1.05. The van der Waals surface area contributed by atoms with Crippen molar-refractivity contribution in [1.82, 2.24) is 15.5 Å². The third kappa shape index (κ3) is 7.96. The van der Waals surface area contributed by atoms with E-state index in [1.807, 2.05) is 36.4 Å². The lowest BCUT2D eigenvalue weighted by molar-refractivity contribution is -0.141. The fourth-order valence-electron chi connectivity index (χ4n) is 3.16. The van der Waals surface area contributed by atoms with Gasteiger partial charge in [0.05, 0.1) is 6.07 Å². The first-order valence-electron chi connectivity index (χ1n) is 10.7. The highest BCUT2D eigenvalue weighted by molar-refractivity contribution is 5.92. The molecule has 0 saturated carbocycles. The predicted molar refractivity (Wildman–Crippen MR) is 124 cm³/mol. The number of carbonyl (C=O) groups is 3. The summed E-state index contributed by atoms with van der Waals surface area (Å²) < 4.78 is 5.21. The van der Waals surface area contributed by atoms with E-state index in [0.29, 0.717) is 5.56 Å². The lowest BCUT2D eigenvalue weighted by atomic mass is 10.0. The highest BCUT2D eigenvalue weighted by Crippen LogP contribution is 2.22. The number of amides is 3. The van der Waals surface area contributed by atoms with E-state index < -0.39 is 35.6 Å². The van der Waals surface area contributed by atoms with Crippen LogP contribution in [0.15, 0.2) is 60.7 Å². The molecule has 2 aromatic carbocycles. The van der Waals surface area contributed by atoms with Gasteiger partial charge in [0, 0.05) is 6.54 Å². The third-order valence-corrected chi connectivity index (χ3v) is 4.61. The topological polar surface area (TPSA) is 112 Å². The van der Waals surface area contributed by atoms with Gasteiger partial charge in [0.2, 0.25) is 11.8 Å². The summed E-state index contributed by atoms with van der Waals surface area (Å²) in [4.78, 5) is 39.8. The first-order chi connectivity index (χ1) is 15.6. The van der Waals surface area contributed by atoms with Gasteiger partial charge in [-0.1, -0.05) is 60.7 Å². The summed E-state index contributed by atoms with van der Waals surface area (Å²) >= 11 is 0. The molecule has 2 atom stereocenters. The molecule has 33 heavy (non-hydrogen) atoms. The van der Waals surface area contributed by atoms with Crippen molar-refractivity contribution in [2.75, 3.05) is 6.54 Å². The van der Waals surface area contributed by atoms with Gasteiger partial charge < -0.3 is 20.3 Å². The molecule has 0 aliphatic carbocycles. The number of ether oxygens (including phenoxy) is 1. The van der Waals surface area contributed by atoms with E-state index in [1.54, 1.807) is 51.1 Å². The quantitative estimate of drug-likeness (QED) is 0.600. The van der Waals surface area contributed by atoms with Crippen LogP contribution < -0.4 is 10.6 Å². The minimum absolute atomic E-state index is 0.267. The molecule has 2 aromatic rings. The molecule has 0 aromatic heterocycles. The summed E-state index contributed by atoms with van der Waals surface area (Å²) in [7, 11) is 0. The molecule has 0 spiro atoms. The van der Waals surface area contributed by atoms with Gasteiger partial charge in [-0.2, -0.15) is 5.26 Å². The molecule has 2 unspecified atom stereocenters. The molecule has 2 rings (SSSR count). The van der Waals surface area contributed by atoms with Gasteiger partial charge in [-0.3, -0.25) is 9.59 Å². The number of rotatable bonds is 8. The maximum absolute atomic E-state index is 13.3. The normalized spacial score (nSPS) is 12.6. The fourth-order valence-corrected chi connectivity index (χ4v) is 3.16. The number of nitrogens with zero attached hydrogens (tertiary/aromatic N) is 2. The van der Waals surface area contributed by atoms with Crippen LogP contribution in [0.25, 0.3) is 0 Å². The minimum Gasteiger partial charge on any atom is -0.444 e. The first kappa shape index (κ1) is 25.4. The number of hydrogen-bond donors (Lipinski definition) is 2. The molecule has 8 heteroatoms. The second-order valence-corrected chi connectivity index (χ2v) is 8.51. The molecule has 0 aliphatic rings. The van der Waals surface area contributed by atoms with Crippen molar-refractivity contribution in [3.8, 4) is 6.07 Å². The Bertz CT molecular complexity index is 981. The Balaban J connectivity index is 2.26. The average molecular weight is 451 g/mol. The van der Waals surface area contributed by atoms with E-state index in [2.05, 4.69) is 10.6 Å². The largest absolute Gasteiger partial charge is 0.444 e. The molecule has 0 aliphatic heterocycles. The van der Waals surface area contributed by atoms with E-state index in [-0.39, 0.29) is 13.1 Å². The summed E-state index contributed by atoms with van der Waals surface area (Å²) in [5.74, 6) is -1.01. The Labute approximate surface area is 194 Å². The summed E-state index contributed by atoms with van der Waals surface area (Å²) in [5.41, 5.74) is 0.718. The van der Waals surface area contributed by atoms with Gasteiger partial charge in [0.1, 0.15) is 24.2 Å². The Kier molecular flexibility index (Phi) is 8.98. The smallest absolute Gasteiger partial charge is 0.408 e. The molecule has 2 N–H and O–H groups in total. The molecular weight excluding hydrogens is 420 g/mol. The van der Waals surface area contributed by atoms with Gasteiger partial charge in [-0.15, -0.1) is 0 Å². The number of nitrogens with one attached hydrogen (secondary N) is 2. The van der Waals surface area contributed by atoms with Crippen molar-refractivity contribution in [1.29, 1.82) is 5.26 Å². The van der Waals surface area contributed by atoms with Gasteiger partial charge in [-0.25, -0.2) is 4.79 Å². The van der Waals surface area contributed by atoms with Crippen molar-refractivity contribution in [3.05, 3.63) is 71.8 Å².